The summed E-state index contributed by atoms with van der Waals surface area (Å²) in [6, 6.07) is 16.0. The molecule has 15 heteroatoms. The predicted molar refractivity (Wildman–Crippen MR) is 148 cm³/mol. The van der Waals surface area contributed by atoms with Gasteiger partial charge in [-0.1, -0.05) is 31.5 Å². The van der Waals surface area contributed by atoms with E-state index in [1.807, 2.05) is 6.92 Å². The van der Waals surface area contributed by atoms with Crippen molar-refractivity contribution in [3.8, 4) is 23.0 Å². The molecule has 13 nitrogen and oxygen atoms in total. The number of benzene rings is 3. The van der Waals surface area contributed by atoms with E-state index in [-0.39, 0.29) is 30.4 Å². The molecule has 0 bridgehead atoms. The maximum atomic E-state index is 13.1. The van der Waals surface area contributed by atoms with E-state index in [0.29, 0.717) is 40.4 Å². The molecule has 1 spiro atoms. The van der Waals surface area contributed by atoms with Gasteiger partial charge >= 0.3 is 32.7 Å². The normalized spacial score (nSPS) is 29.3. The summed E-state index contributed by atoms with van der Waals surface area (Å²) in [4.78, 5) is 25.9. The van der Waals surface area contributed by atoms with Crippen LogP contribution >= 0.6 is 7.82 Å². The number of unbranched alkanes of at least 4 members (excludes halogenated alkanes) is 1. The first-order chi connectivity index (χ1) is 21.0. The molecule has 5 N–H and O–H groups in total. The van der Waals surface area contributed by atoms with Crippen molar-refractivity contribution in [3.05, 3.63) is 82.9 Å². The van der Waals surface area contributed by atoms with Gasteiger partial charge in [0.05, 0.1) is 12.2 Å². The van der Waals surface area contributed by atoms with E-state index in [1.165, 1.54) is 18.2 Å². The molecule has 3 aliphatic rings. The van der Waals surface area contributed by atoms with E-state index in [4.69, 9.17) is 23.3 Å². The summed E-state index contributed by atoms with van der Waals surface area (Å²) in [6.45, 7) is 2.51. The average molecular weight is 636 g/mol. The third-order valence-electron chi connectivity index (χ3n) is 7.96. The first kappa shape index (κ1) is 33.4. The zero-order valence-corrected chi connectivity index (χ0v) is 25.2. The standard InChI is InChI=1S/C30H31O13P.Li/c1-2-3-12-39-15-8-10-19-21(13-15)40-22-14-16(9-11-20(22)30(19)18-7-5-4-6-17(18)29(36)41-30)42-44(37,38)43-28-26(34)24(32)23(31)25(33)27(28)35;/h4-11,13-14,23-28,31-35H,2-3,12H2,1H3,(H,37,38);/q;+1/p-1/t23?,24-,25-,26+,27+,28?,30?;/m0./s1. The quantitative estimate of drug-likeness (QED) is 0.0827. The van der Waals surface area contributed by atoms with Crippen molar-refractivity contribution in [1.29, 1.82) is 0 Å². The minimum Gasteiger partial charge on any atom is -0.746 e. The SMILES string of the molecule is CCCCOc1ccc2c(c1)Oc1cc(OP(=O)([O-])OC3[C@H](O)[C@@H](O)C(O)[C@H](O)[C@H]3O)ccc1C21OC(=O)c2ccccc21.[Li+]. The van der Waals surface area contributed by atoms with Gasteiger partial charge in [-0.05, 0) is 36.8 Å². The number of ether oxygens (including phenoxy) is 3. The van der Waals surface area contributed by atoms with Crippen LogP contribution in [0.4, 0.5) is 0 Å². The summed E-state index contributed by atoms with van der Waals surface area (Å²) in [5.41, 5.74) is 0.388. The van der Waals surface area contributed by atoms with Gasteiger partial charge in [0.2, 0.25) is 0 Å². The van der Waals surface area contributed by atoms with Crippen molar-refractivity contribution in [2.24, 2.45) is 0 Å². The maximum Gasteiger partial charge on any atom is 1.00 e. The van der Waals surface area contributed by atoms with Crippen molar-refractivity contribution < 1.29 is 81.9 Å². The summed E-state index contributed by atoms with van der Waals surface area (Å²) in [5.74, 6) is 0.0491. The molecule has 0 radical (unpaired) electrons. The molecule has 2 aliphatic heterocycles. The number of esters is 1. The Morgan fingerprint density at radius 1 is 0.844 bits per heavy atom. The number of aliphatic hydroxyl groups is 5. The van der Waals surface area contributed by atoms with Crippen molar-refractivity contribution in [1.82, 2.24) is 0 Å². The molecule has 3 aromatic carbocycles. The first-order valence-corrected chi connectivity index (χ1v) is 15.4. The molecule has 3 aromatic rings. The van der Waals surface area contributed by atoms with Gasteiger partial charge in [-0.3, -0.25) is 4.57 Å². The minimum absolute atomic E-state index is 0. The Labute approximate surface area is 269 Å². The number of hydrogen-bond donors (Lipinski definition) is 5. The smallest absolute Gasteiger partial charge is 0.746 e. The second kappa shape index (κ2) is 12.7. The average Bonchev–Trinajstić information content (AvgIpc) is 3.29. The molecule has 6 atom stereocenters. The van der Waals surface area contributed by atoms with Gasteiger partial charge in [0.1, 0.15) is 59.6 Å². The van der Waals surface area contributed by atoms with E-state index in [9.17, 15) is 39.8 Å². The van der Waals surface area contributed by atoms with Gasteiger partial charge in [0.25, 0.3) is 0 Å². The zero-order chi connectivity index (χ0) is 31.4. The fraction of sp³-hybridized carbons (Fsp3) is 0.367. The van der Waals surface area contributed by atoms with Gasteiger partial charge < -0.3 is 53.7 Å². The fourth-order valence-electron chi connectivity index (χ4n) is 5.74. The van der Waals surface area contributed by atoms with E-state index >= 15 is 0 Å². The van der Waals surface area contributed by atoms with Crippen LogP contribution in [0.5, 0.6) is 23.0 Å². The molecule has 234 valence electrons. The number of phosphoric ester groups is 1. The topological polar surface area (TPSA) is 204 Å². The molecule has 0 amide bonds. The molecule has 0 saturated heterocycles. The summed E-state index contributed by atoms with van der Waals surface area (Å²) in [7, 11) is -5.39. The van der Waals surface area contributed by atoms with Crippen LogP contribution in [0.3, 0.4) is 0 Å². The van der Waals surface area contributed by atoms with Crippen molar-refractivity contribution in [2.75, 3.05) is 6.61 Å². The Hall–Kier alpha value is -2.92. The molecule has 1 saturated carbocycles. The second-order valence-electron chi connectivity index (χ2n) is 10.8. The molecular weight excluding hydrogens is 606 g/mol. The largest absolute Gasteiger partial charge is 1.00 e. The van der Waals surface area contributed by atoms with Gasteiger partial charge in [-0.25, -0.2) is 4.79 Å². The van der Waals surface area contributed by atoms with E-state index in [1.54, 1.807) is 42.5 Å². The van der Waals surface area contributed by atoms with Gasteiger partial charge in [-0.15, -0.1) is 0 Å². The second-order valence-corrected chi connectivity index (χ2v) is 12.1. The van der Waals surface area contributed by atoms with Crippen LogP contribution in [0.2, 0.25) is 0 Å². The number of fused-ring (bicyclic) bond motifs is 6. The Morgan fingerprint density at radius 2 is 1.42 bits per heavy atom. The molecule has 6 rings (SSSR count). The predicted octanol–water partition coefficient (Wildman–Crippen LogP) is -1.51. The number of phosphoric acid groups is 1. The Kier molecular flexibility index (Phi) is 9.44. The Balaban J connectivity index is 0.00000400. The summed E-state index contributed by atoms with van der Waals surface area (Å²) < 4.78 is 40.9. The van der Waals surface area contributed by atoms with Crippen molar-refractivity contribution in [3.63, 3.8) is 0 Å². The number of rotatable bonds is 8. The van der Waals surface area contributed by atoms with Crippen LogP contribution in [0, 0.1) is 0 Å². The summed E-state index contributed by atoms with van der Waals surface area (Å²) in [6.07, 6.45) is -10.3. The van der Waals surface area contributed by atoms with Crippen molar-refractivity contribution >= 4 is 13.8 Å². The molecule has 2 heterocycles. The minimum atomic E-state index is -5.39. The van der Waals surface area contributed by atoms with E-state index in [2.05, 4.69) is 0 Å². The van der Waals surface area contributed by atoms with Gasteiger partial charge in [-0.2, -0.15) is 0 Å². The molecule has 45 heavy (non-hydrogen) atoms. The molecular formula is C30H30LiO13P. The molecule has 2 unspecified atom stereocenters. The number of carbonyl (C=O) groups is 1. The van der Waals surface area contributed by atoms with Crippen molar-refractivity contribution in [2.45, 2.75) is 62.0 Å². The van der Waals surface area contributed by atoms with Crippen LogP contribution in [0.1, 0.15) is 46.8 Å². The molecule has 1 aliphatic carbocycles. The van der Waals surface area contributed by atoms with Gasteiger partial charge in [0.15, 0.2) is 5.60 Å². The fourth-order valence-corrected chi connectivity index (χ4v) is 6.70. The van der Waals surface area contributed by atoms with Crippen LogP contribution in [-0.4, -0.2) is 74.7 Å². The van der Waals surface area contributed by atoms with Gasteiger partial charge in [0, 0.05) is 28.8 Å². The van der Waals surface area contributed by atoms with Crippen LogP contribution in [-0.2, 0) is 19.4 Å². The van der Waals surface area contributed by atoms with Crippen LogP contribution in [0.25, 0.3) is 0 Å². The number of aliphatic hydroxyl groups excluding tert-OH is 5. The Bertz CT molecular complexity index is 1620. The monoisotopic (exact) mass is 636 g/mol. The zero-order valence-electron chi connectivity index (χ0n) is 24.3. The maximum absolute atomic E-state index is 13.1. The van der Waals surface area contributed by atoms with Crippen LogP contribution in [0.15, 0.2) is 60.7 Å². The first-order valence-electron chi connectivity index (χ1n) is 14.0. The summed E-state index contributed by atoms with van der Waals surface area (Å²) in [5, 5.41) is 50.0. The summed E-state index contributed by atoms with van der Waals surface area (Å²) >= 11 is 0. The van der Waals surface area contributed by atoms with E-state index < -0.39 is 56.0 Å². The third-order valence-corrected chi connectivity index (χ3v) is 8.90. The molecule has 0 aromatic heterocycles. The third kappa shape index (κ3) is 5.79. The Morgan fingerprint density at radius 3 is 2.07 bits per heavy atom. The van der Waals surface area contributed by atoms with Crippen LogP contribution < -0.4 is 37.8 Å². The molecule has 1 fully saturated rings. The number of carbonyl (C=O) groups excluding carboxylic acids is 1. The van der Waals surface area contributed by atoms with E-state index in [0.717, 1.165) is 12.8 Å². The number of hydrogen-bond acceptors (Lipinski definition) is 13.